The van der Waals surface area contributed by atoms with Crippen LogP contribution in [0.25, 0.3) is 0 Å². The monoisotopic (exact) mass is 387 g/mol. The lowest BCUT2D eigenvalue weighted by molar-refractivity contribution is -0.120. The topological polar surface area (TPSA) is 63.7 Å². The van der Waals surface area contributed by atoms with Gasteiger partial charge in [0.15, 0.2) is 0 Å². The second-order valence-electron chi connectivity index (χ2n) is 6.24. The first-order valence-corrected chi connectivity index (χ1v) is 9.90. The molecule has 0 saturated carbocycles. The number of morpholine rings is 1. The lowest BCUT2D eigenvalue weighted by atomic mass is 10.2. The maximum absolute atomic E-state index is 12.5. The van der Waals surface area contributed by atoms with Crippen LogP contribution >= 0.6 is 11.8 Å². The molecular weight excluding hydrogens is 362 g/mol. The molecule has 1 atom stereocenters. The van der Waals surface area contributed by atoms with Crippen LogP contribution in [0.3, 0.4) is 0 Å². The standard InChI is InChI=1S/C20H25N3O3S/c1-15(27-18-7-5-17(25-2)6-8-18)20(24)22-14-16-4-3-9-21-19(16)23-10-12-26-13-11-23/h3-9,15H,10-14H2,1-2H3,(H,22,24). The number of anilines is 1. The molecule has 1 aromatic carbocycles. The summed E-state index contributed by atoms with van der Waals surface area (Å²) in [6, 6.07) is 11.6. The van der Waals surface area contributed by atoms with Crippen molar-refractivity contribution in [1.29, 1.82) is 0 Å². The number of aromatic nitrogens is 1. The SMILES string of the molecule is COc1ccc(SC(C)C(=O)NCc2cccnc2N2CCOCC2)cc1. The van der Waals surface area contributed by atoms with Crippen molar-refractivity contribution >= 4 is 23.5 Å². The van der Waals surface area contributed by atoms with E-state index in [0.29, 0.717) is 19.8 Å². The summed E-state index contributed by atoms with van der Waals surface area (Å²) in [5, 5.41) is 2.85. The lowest BCUT2D eigenvalue weighted by Crippen LogP contribution is -2.38. The summed E-state index contributed by atoms with van der Waals surface area (Å²) in [7, 11) is 1.64. The van der Waals surface area contributed by atoms with Crippen molar-refractivity contribution in [2.75, 3.05) is 38.3 Å². The van der Waals surface area contributed by atoms with Crippen LogP contribution in [0.4, 0.5) is 5.82 Å². The van der Waals surface area contributed by atoms with Crippen molar-refractivity contribution in [3.63, 3.8) is 0 Å². The third kappa shape index (κ3) is 5.37. The number of pyridine rings is 1. The van der Waals surface area contributed by atoms with E-state index in [1.54, 1.807) is 13.3 Å². The van der Waals surface area contributed by atoms with Gasteiger partial charge in [0, 0.05) is 36.3 Å². The highest BCUT2D eigenvalue weighted by Crippen LogP contribution is 2.25. The van der Waals surface area contributed by atoms with Gasteiger partial charge in [0.2, 0.25) is 5.91 Å². The number of carbonyl (C=O) groups excluding carboxylic acids is 1. The van der Waals surface area contributed by atoms with Crippen molar-refractivity contribution in [1.82, 2.24) is 10.3 Å². The number of thioether (sulfide) groups is 1. The quantitative estimate of drug-likeness (QED) is 0.737. The smallest absolute Gasteiger partial charge is 0.233 e. The zero-order valence-electron chi connectivity index (χ0n) is 15.7. The van der Waals surface area contributed by atoms with Gasteiger partial charge in [-0.05, 0) is 37.3 Å². The molecule has 7 heteroatoms. The van der Waals surface area contributed by atoms with E-state index in [0.717, 1.165) is 35.1 Å². The van der Waals surface area contributed by atoms with E-state index in [-0.39, 0.29) is 11.2 Å². The first kappa shape index (κ1) is 19.5. The molecule has 1 N–H and O–H groups in total. The number of ether oxygens (including phenoxy) is 2. The Balaban J connectivity index is 1.56. The summed E-state index contributed by atoms with van der Waals surface area (Å²) in [6.45, 7) is 5.43. The lowest BCUT2D eigenvalue weighted by Gasteiger charge is -2.29. The van der Waals surface area contributed by atoms with Crippen molar-refractivity contribution in [2.45, 2.75) is 23.6 Å². The van der Waals surface area contributed by atoms with Crippen LogP contribution in [0.1, 0.15) is 12.5 Å². The van der Waals surface area contributed by atoms with E-state index in [1.807, 2.05) is 43.3 Å². The molecule has 2 aromatic rings. The number of nitrogens with one attached hydrogen (secondary N) is 1. The largest absolute Gasteiger partial charge is 0.497 e. The predicted molar refractivity (Wildman–Crippen MR) is 107 cm³/mol. The van der Waals surface area contributed by atoms with Gasteiger partial charge >= 0.3 is 0 Å². The van der Waals surface area contributed by atoms with E-state index in [9.17, 15) is 4.79 Å². The number of methoxy groups -OCH3 is 1. The molecule has 1 saturated heterocycles. The second-order valence-corrected chi connectivity index (χ2v) is 7.65. The zero-order valence-corrected chi connectivity index (χ0v) is 16.5. The molecular formula is C20H25N3O3S. The van der Waals surface area contributed by atoms with Gasteiger partial charge < -0.3 is 19.7 Å². The molecule has 0 spiro atoms. The third-order valence-corrected chi connectivity index (χ3v) is 5.48. The Kier molecular flexibility index (Phi) is 6.95. The van der Waals surface area contributed by atoms with Crippen LogP contribution in [0, 0.1) is 0 Å². The zero-order chi connectivity index (χ0) is 19.1. The van der Waals surface area contributed by atoms with Crippen molar-refractivity contribution in [3.05, 3.63) is 48.2 Å². The van der Waals surface area contributed by atoms with Crippen molar-refractivity contribution in [2.24, 2.45) is 0 Å². The minimum Gasteiger partial charge on any atom is -0.497 e. The van der Waals surface area contributed by atoms with Gasteiger partial charge in [-0.1, -0.05) is 6.07 Å². The highest BCUT2D eigenvalue weighted by Gasteiger charge is 2.18. The molecule has 27 heavy (non-hydrogen) atoms. The van der Waals surface area contributed by atoms with Gasteiger partial charge in [-0.15, -0.1) is 11.8 Å². The summed E-state index contributed by atoms with van der Waals surface area (Å²) >= 11 is 1.53. The first-order valence-electron chi connectivity index (χ1n) is 9.02. The highest BCUT2D eigenvalue weighted by atomic mass is 32.2. The van der Waals surface area contributed by atoms with Gasteiger partial charge in [-0.3, -0.25) is 4.79 Å². The van der Waals surface area contributed by atoms with Gasteiger partial charge in [-0.2, -0.15) is 0 Å². The Morgan fingerprint density at radius 3 is 2.74 bits per heavy atom. The number of nitrogens with zero attached hydrogens (tertiary/aromatic N) is 2. The molecule has 144 valence electrons. The highest BCUT2D eigenvalue weighted by molar-refractivity contribution is 8.00. The van der Waals surface area contributed by atoms with Gasteiger partial charge in [0.05, 0.1) is 25.6 Å². The normalized spacial score (nSPS) is 15.3. The number of benzene rings is 1. The van der Waals surface area contributed by atoms with E-state index < -0.39 is 0 Å². The molecule has 3 rings (SSSR count). The number of amides is 1. The van der Waals surface area contributed by atoms with Gasteiger partial charge in [0.25, 0.3) is 0 Å². The van der Waals surface area contributed by atoms with Crippen LogP contribution in [0.5, 0.6) is 5.75 Å². The average Bonchev–Trinajstić information content (AvgIpc) is 2.73. The third-order valence-electron chi connectivity index (χ3n) is 4.37. The van der Waals surface area contributed by atoms with Crippen LogP contribution in [0.2, 0.25) is 0 Å². The number of rotatable bonds is 7. The molecule has 2 heterocycles. The molecule has 1 fully saturated rings. The molecule has 1 unspecified atom stereocenters. The fraction of sp³-hybridized carbons (Fsp3) is 0.400. The van der Waals surface area contributed by atoms with Crippen molar-refractivity contribution in [3.8, 4) is 5.75 Å². The Morgan fingerprint density at radius 2 is 2.04 bits per heavy atom. The van der Waals surface area contributed by atoms with Crippen LogP contribution in [0.15, 0.2) is 47.5 Å². The Labute approximate surface area is 164 Å². The summed E-state index contributed by atoms with van der Waals surface area (Å²) in [5.41, 5.74) is 1.02. The molecule has 1 aliphatic heterocycles. The molecule has 1 aliphatic rings. The second kappa shape index (κ2) is 9.62. The van der Waals surface area contributed by atoms with E-state index in [1.165, 1.54) is 11.8 Å². The van der Waals surface area contributed by atoms with Crippen LogP contribution in [-0.2, 0) is 16.1 Å². The Hall–Kier alpha value is -2.25. The maximum Gasteiger partial charge on any atom is 0.233 e. The first-order chi connectivity index (χ1) is 13.2. The summed E-state index contributed by atoms with van der Waals surface area (Å²) < 4.78 is 10.6. The number of hydrogen-bond donors (Lipinski definition) is 1. The van der Waals surface area contributed by atoms with Gasteiger partial charge in [0.1, 0.15) is 11.6 Å². The molecule has 1 amide bonds. The molecule has 6 nitrogen and oxygen atoms in total. The average molecular weight is 388 g/mol. The Morgan fingerprint density at radius 1 is 1.30 bits per heavy atom. The van der Waals surface area contributed by atoms with Crippen LogP contribution in [-0.4, -0.2) is 49.6 Å². The van der Waals surface area contributed by atoms with E-state index >= 15 is 0 Å². The van der Waals surface area contributed by atoms with E-state index in [2.05, 4.69) is 15.2 Å². The summed E-state index contributed by atoms with van der Waals surface area (Å²) in [5.74, 6) is 1.74. The fourth-order valence-electron chi connectivity index (χ4n) is 2.87. The number of hydrogen-bond acceptors (Lipinski definition) is 6. The summed E-state index contributed by atoms with van der Waals surface area (Å²) in [6.07, 6.45) is 1.79. The molecule has 0 radical (unpaired) electrons. The van der Waals surface area contributed by atoms with E-state index in [4.69, 9.17) is 9.47 Å². The predicted octanol–water partition coefficient (Wildman–Crippen LogP) is 2.72. The summed E-state index contributed by atoms with van der Waals surface area (Å²) in [4.78, 5) is 20.3. The van der Waals surface area contributed by atoms with Crippen LogP contribution < -0.4 is 15.0 Å². The molecule has 0 aliphatic carbocycles. The number of carbonyl (C=O) groups is 1. The molecule has 1 aromatic heterocycles. The fourth-order valence-corrected chi connectivity index (χ4v) is 3.76. The minimum atomic E-state index is -0.193. The maximum atomic E-state index is 12.5. The van der Waals surface area contributed by atoms with Crippen molar-refractivity contribution < 1.29 is 14.3 Å². The molecule has 0 bridgehead atoms. The Bertz CT molecular complexity index is 748. The minimum absolute atomic E-state index is 0.00704. The van der Waals surface area contributed by atoms with Gasteiger partial charge in [-0.25, -0.2) is 4.98 Å².